The van der Waals surface area contributed by atoms with Gasteiger partial charge in [0.05, 0.1) is 13.4 Å². The molecule has 5 nitrogen and oxygen atoms in total. The zero-order chi connectivity index (χ0) is 15.7. The molecule has 0 bridgehead atoms. The molecule has 0 aliphatic carbocycles. The number of nitrogens with one attached hydrogen (secondary N) is 1. The van der Waals surface area contributed by atoms with E-state index in [0.717, 1.165) is 0 Å². The molecule has 1 aromatic carbocycles. The maximum atomic E-state index is 14.0. The molecule has 22 heavy (non-hydrogen) atoms. The Bertz CT molecular complexity index is 849. The van der Waals surface area contributed by atoms with Crippen molar-refractivity contribution in [3.05, 3.63) is 48.3 Å². The smallest absolute Gasteiger partial charge is 0.323 e. The van der Waals surface area contributed by atoms with E-state index < -0.39 is 11.9 Å². The van der Waals surface area contributed by atoms with Crippen LogP contribution in [0.2, 0.25) is 0 Å². The second kappa shape index (κ2) is 5.48. The second-order valence-corrected chi connectivity index (χ2v) is 4.74. The number of halogens is 1. The van der Waals surface area contributed by atoms with Gasteiger partial charge in [0.25, 0.3) is 0 Å². The average Bonchev–Trinajstić information content (AvgIpc) is 3.15. The number of H-pyrrole nitrogens is 1. The molecule has 1 unspecified atom stereocenters. The first kappa shape index (κ1) is 14.1. The van der Waals surface area contributed by atoms with Gasteiger partial charge >= 0.3 is 5.97 Å². The molecule has 0 radical (unpaired) electrons. The van der Waals surface area contributed by atoms with Crippen LogP contribution in [0.1, 0.15) is 11.7 Å². The van der Waals surface area contributed by atoms with E-state index in [1.807, 2.05) is 0 Å². The normalized spacial score (nSPS) is 12.3. The van der Waals surface area contributed by atoms with E-state index in [1.165, 1.54) is 25.5 Å². The first-order chi connectivity index (χ1) is 10.7. The van der Waals surface area contributed by atoms with Crippen molar-refractivity contribution < 1.29 is 23.1 Å². The van der Waals surface area contributed by atoms with Crippen LogP contribution in [0.25, 0.3) is 22.0 Å². The van der Waals surface area contributed by atoms with Crippen LogP contribution in [0.3, 0.4) is 0 Å². The van der Waals surface area contributed by atoms with Gasteiger partial charge in [-0.1, -0.05) is 6.07 Å². The van der Waals surface area contributed by atoms with Crippen LogP contribution in [0.4, 0.5) is 4.39 Å². The molecule has 6 heteroatoms. The predicted octanol–water partition coefficient (Wildman–Crippen LogP) is 3.02. The molecule has 0 saturated heterocycles. The van der Waals surface area contributed by atoms with E-state index in [4.69, 9.17) is 4.42 Å². The number of hydrogen-bond acceptors (Lipinski definition) is 4. The van der Waals surface area contributed by atoms with Gasteiger partial charge in [-0.2, -0.15) is 0 Å². The second-order valence-electron chi connectivity index (χ2n) is 4.74. The molecule has 3 rings (SSSR count). The van der Waals surface area contributed by atoms with Crippen molar-refractivity contribution in [3.8, 4) is 11.1 Å². The fraction of sp³-hybridized carbons (Fsp3) is 0.125. The topological polar surface area (TPSA) is 72.3 Å². The largest absolute Gasteiger partial charge is 0.468 e. The summed E-state index contributed by atoms with van der Waals surface area (Å²) in [6.07, 6.45) is 3.48. The Labute approximate surface area is 124 Å². The minimum Gasteiger partial charge on any atom is -0.468 e. The molecule has 1 atom stereocenters. The number of aromatic nitrogens is 1. The minimum absolute atomic E-state index is 0.155. The Morgan fingerprint density at radius 3 is 3.00 bits per heavy atom. The Morgan fingerprint density at radius 1 is 1.45 bits per heavy atom. The number of rotatable bonds is 4. The third-order valence-electron chi connectivity index (χ3n) is 3.48. The number of carbonyl (C=O) groups excluding carboxylic acids is 2. The van der Waals surface area contributed by atoms with Gasteiger partial charge in [0.2, 0.25) is 0 Å². The lowest BCUT2D eigenvalue weighted by atomic mass is 10.0. The number of hydrogen-bond donors (Lipinski definition) is 1. The van der Waals surface area contributed by atoms with Crippen LogP contribution < -0.4 is 0 Å². The van der Waals surface area contributed by atoms with Gasteiger partial charge in [0.15, 0.2) is 5.92 Å². The number of esters is 1. The van der Waals surface area contributed by atoms with E-state index in [9.17, 15) is 14.0 Å². The summed E-state index contributed by atoms with van der Waals surface area (Å²) in [5.74, 6) is -2.05. The van der Waals surface area contributed by atoms with Gasteiger partial charge in [-0.15, -0.1) is 0 Å². The van der Waals surface area contributed by atoms with Crippen molar-refractivity contribution in [2.45, 2.75) is 5.92 Å². The number of carbonyl (C=O) groups is 2. The van der Waals surface area contributed by atoms with E-state index in [2.05, 4.69) is 9.72 Å². The molecule has 0 aliphatic rings. The third kappa shape index (κ3) is 2.18. The van der Waals surface area contributed by atoms with E-state index >= 15 is 0 Å². The number of benzene rings is 1. The Balaban J connectivity index is 2.06. The van der Waals surface area contributed by atoms with Crippen LogP contribution in [0.15, 0.2) is 41.1 Å². The molecule has 112 valence electrons. The van der Waals surface area contributed by atoms with E-state index in [1.54, 1.807) is 18.3 Å². The lowest BCUT2D eigenvalue weighted by Gasteiger charge is -2.03. The van der Waals surface area contributed by atoms with Gasteiger partial charge in [-0.3, -0.25) is 4.79 Å². The van der Waals surface area contributed by atoms with Gasteiger partial charge in [0.1, 0.15) is 17.9 Å². The summed E-state index contributed by atoms with van der Waals surface area (Å²) in [5, 5.41) is 0.426. The molecule has 0 saturated carbocycles. The summed E-state index contributed by atoms with van der Waals surface area (Å²) in [4.78, 5) is 25.5. The van der Waals surface area contributed by atoms with Crippen molar-refractivity contribution >= 4 is 23.2 Å². The molecular formula is C16H12FNO4. The van der Waals surface area contributed by atoms with Gasteiger partial charge in [0, 0.05) is 28.2 Å². The quantitative estimate of drug-likeness (QED) is 0.457. The highest BCUT2D eigenvalue weighted by Gasteiger charge is 2.25. The van der Waals surface area contributed by atoms with Crippen LogP contribution in [0.5, 0.6) is 0 Å². The van der Waals surface area contributed by atoms with Crippen LogP contribution in [-0.4, -0.2) is 24.3 Å². The first-order valence-corrected chi connectivity index (χ1v) is 6.53. The zero-order valence-electron chi connectivity index (χ0n) is 11.6. The van der Waals surface area contributed by atoms with Crippen molar-refractivity contribution in [1.29, 1.82) is 0 Å². The zero-order valence-corrected chi connectivity index (χ0v) is 11.6. The molecule has 0 fully saturated rings. The van der Waals surface area contributed by atoms with Crippen molar-refractivity contribution in [2.75, 3.05) is 7.11 Å². The molecule has 2 heterocycles. The summed E-state index contributed by atoms with van der Waals surface area (Å²) in [6.45, 7) is 0. The molecular weight excluding hydrogens is 289 g/mol. The average molecular weight is 301 g/mol. The number of aldehydes is 1. The third-order valence-corrected chi connectivity index (χ3v) is 3.48. The van der Waals surface area contributed by atoms with Crippen molar-refractivity contribution in [1.82, 2.24) is 4.98 Å². The van der Waals surface area contributed by atoms with Gasteiger partial charge < -0.3 is 18.9 Å². The summed E-state index contributed by atoms with van der Waals surface area (Å²) >= 11 is 0. The van der Waals surface area contributed by atoms with Crippen LogP contribution in [-0.2, 0) is 14.3 Å². The fourth-order valence-corrected chi connectivity index (χ4v) is 2.39. The number of furan rings is 1. The van der Waals surface area contributed by atoms with Gasteiger partial charge in [-0.05, 0) is 18.2 Å². The number of fused-ring (bicyclic) bond motifs is 1. The molecule has 2 aromatic heterocycles. The summed E-state index contributed by atoms with van der Waals surface area (Å²) in [5.41, 5.74) is 1.82. The predicted molar refractivity (Wildman–Crippen MR) is 76.8 cm³/mol. The first-order valence-electron chi connectivity index (χ1n) is 6.53. The lowest BCUT2D eigenvalue weighted by molar-refractivity contribution is -0.144. The number of methoxy groups -OCH3 is 1. The lowest BCUT2D eigenvalue weighted by Crippen LogP contribution is -2.14. The molecule has 0 aliphatic heterocycles. The molecule has 3 aromatic rings. The standard InChI is InChI=1S/C16H12FNO4/c1-21-16(20)11(7-19)14-5-9(8-22-14)10-6-18-13-4-2-3-12(17)15(10)13/h2-8,11,18H,1H3. The Morgan fingerprint density at radius 2 is 2.27 bits per heavy atom. The summed E-state index contributed by atoms with van der Waals surface area (Å²) in [6, 6.07) is 6.26. The summed E-state index contributed by atoms with van der Waals surface area (Å²) < 4.78 is 23.8. The monoisotopic (exact) mass is 301 g/mol. The highest BCUT2D eigenvalue weighted by Crippen LogP contribution is 2.33. The van der Waals surface area contributed by atoms with E-state index in [0.29, 0.717) is 28.3 Å². The van der Waals surface area contributed by atoms with Crippen molar-refractivity contribution in [2.24, 2.45) is 0 Å². The maximum Gasteiger partial charge on any atom is 0.323 e. The van der Waals surface area contributed by atoms with Gasteiger partial charge in [-0.25, -0.2) is 4.39 Å². The Kier molecular flexibility index (Phi) is 3.50. The fourth-order valence-electron chi connectivity index (χ4n) is 2.39. The van der Waals surface area contributed by atoms with Crippen LogP contribution in [0, 0.1) is 5.82 Å². The molecule has 0 spiro atoms. The summed E-state index contributed by atoms with van der Waals surface area (Å²) in [7, 11) is 1.19. The Hall–Kier alpha value is -2.89. The van der Waals surface area contributed by atoms with E-state index in [-0.39, 0.29) is 11.6 Å². The highest BCUT2D eigenvalue weighted by atomic mass is 19.1. The molecule has 0 amide bonds. The van der Waals surface area contributed by atoms with Crippen LogP contribution >= 0.6 is 0 Å². The SMILES string of the molecule is COC(=O)C(C=O)c1cc(-c2c[nH]c3cccc(F)c23)co1. The molecule has 1 N–H and O–H groups in total. The minimum atomic E-state index is -1.13. The highest BCUT2D eigenvalue weighted by molar-refractivity contribution is 5.97. The number of aromatic amines is 1. The maximum absolute atomic E-state index is 14.0. The number of ether oxygens (including phenoxy) is 1. The van der Waals surface area contributed by atoms with Crippen molar-refractivity contribution in [3.63, 3.8) is 0 Å².